The lowest BCUT2D eigenvalue weighted by Crippen LogP contribution is -2.23. The second-order valence-electron chi connectivity index (χ2n) is 6.39. The van der Waals surface area contributed by atoms with E-state index in [1.165, 1.54) is 18.4 Å². The molecule has 1 N–H and O–H groups in total. The van der Waals surface area contributed by atoms with Gasteiger partial charge in [-0.25, -0.2) is 0 Å². The van der Waals surface area contributed by atoms with Gasteiger partial charge in [0.25, 0.3) is 5.91 Å². The van der Waals surface area contributed by atoms with Crippen LogP contribution in [0.4, 0.5) is 0 Å². The van der Waals surface area contributed by atoms with Crippen LogP contribution in [0, 0.1) is 11.3 Å². The number of carbonyl (C=O) groups is 1. The summed E-state index contributed by atoms with van der Waals surface area (Å²) in [7, 11) is 0. The number of rotatable bonds is 9. The van der Waals surface area contributed by atoms with Gasteiger partial charge in [-0.15, -0.1) is 0 Å². The van der Waals surface area contributed by atoms with E-state index >= 15 is 0 Å². The zero-order valence-corrected chi connectivity index (χ0v) is 18.9. The number of ether oxygens (including phenoxy) is 2. The summed E-state index contributed by atoms with van der Waals surface area (Å²) in [4.78, 5) is 12.4. The van der Waals surface area contributed by atoms with Crippen LogP contribution in [-0.2, 0) is 11.3 Å². The molecule has 32 heavy (non-hydrogen) atoms. The molecule has 0 unspecified atom stereocenters. The second-order valence-corrected chi connectivity index (χ2v) is 7.67. The highest BCUT2D eigenvalue weighted by molar-refractivity contribution is 6.36. The lowest BCUT2D eigenvalue weighted by atomic mass is 10.1. The molecule has 1 aromatic heterocycles. The zero-order valence-electron chi connectivity index (χ0n) is 16.6. The molecule has 2 aromatic carbocycles. The molecule has 164 valence electrons. The lowest BCUT2D eigenvalue weighted by molar-refractivity contribution is -0.117. The first-order valence-corrected chi connectivity index (χ1v) is 10.5. The summed E-state index contributed by atoms with van der Waals surface area (Å²) in [6, 6.07) is 15.3. The summed E-state index contributed by atoms with van der Waals surface area (Å²) < 4.78 is 16.5. The van der Waals surface area contributed by atoms with Gasteiger partial charge in [0.05, 0.1) is 17.8 Å². The van der Waals surface area contributed by atoms with Crippen molar-refractivity contribution in [1.82, 2.24) is 5.32 Å². The van der Waals surface area contributed by atoms with Gasteiger partial charge < -0.3 is 19.2 Å². The number of halogens is 3. The third-order valence-corrected chi connectivity index (χ3v) is 4.87. The molecule has 1 amide bonds. The first kappa shape index (κ1) is 23.6. The van der Waals surface area contributed by atoms with Crippen LogP contribution in [0.25, 0.3) is 6.08 Å². The number of hydrogen-bond acceptors (Lipinski definition) is 5. The van der Waals surface area contributed by atoms with Crippen LogP contribution in [-0.4, -0.2) is 19.1 Å². The second kappa shape index (κ2) is 11.5. The van der Waals surface area contributed by atoms with E-state index < -0.39 is 5.91 Å². The van der Waals surface area contributed by atoms with E-state index in [-0.39, 0.29) is 36.1 Å². The molecular weight excluding hydrogens is 475 g/mol. The SMILES string of the molecule is N#C/C(=C\c1cc(Cl)cc(Cl)c1OCCOc1ccc(Cl)cc1)C(=O)NCc1ccco1. The van der Waals surface area contributed by atoms with Gasteiger partial charge in [-0.3, -0.25) is 4.79 Å². The van der Waals surface area contributed by atoms with Crippen molar-refractivity contribution in [3.63, 3.8) is 0 Å². The van der Waals surface area contributed by atoms with Crippen LogP contribution in [0.3, 0.4) is 0 Å². The first-order chi connectivity index (χ1) is 15.5. The molecule has 0 saturated heterocycles. The van der Waals surface area contributed by atoms with E-state index in [4.69, 9.17) is 48.7 Å². The Morgan fingerprint density at radius 3 is 2.50 bits per heavy atom. The Morgan fingerprint density at radius 2 is 1.81 bits per heavy atom. The number of furan rings is 1. The van der Waals surface area contributed by atoms with Gasteiger partial charge in [0.2, 0.25) is 0 Å². The van der Waals surface area contributed by atoms with E-state index in [0.29, 0.717) is 27.1 Å². The number of hydrogen-bond donors (Lipinski definition) is 1. The molecule has 6 nitrogen and oxygen atoms in total. The lowest BCUT2D eigenvalue weighted by Gasteiger charge is -2.13. The van der Waals surface area contributed by atoms with Crippen molar-refractivity contribution < 1.29 is 18.7 Å². The molecule has 0 aliphatic heterocycles. The predicted octanol–water partition coefficient (Wildman–Crippen LogP) is 5.92. The van der Waals surface area contributed by atoms with Gasteiger partial charge in [-0.05, 0) is 54.6 Å². The summed E-state index contributed by atoms with van der Waals surface area (Å²) >= 11 is 18.3. The van der Waals surface area contributed by atoms with E-state index in [1.54, 1.807) is 42.5 Å². The fraction of sp³-hybridized carbons (Fsp3) is 0.130. The van der Waals surface area contributed by atoms with Crippen molar-refractivity contribution in [1.29, 1.82) is 5.26 Å². The summed E-state index contributed by atoms with van der Waals surface area (Å²) in [5.41, 5.74) is 0.246. The molecule has 9 heteroatoms. The molecular formula is C23H17Cl3N2O4. The Labute approximate surface area is 199 Å². The van der Waals surface area contributed by atoms with Crippen molar-refractivity contribution in [3.05, 3.63) is 86.8 Å². The first-order valence-electron chi connectivity index (χ1n) is 9.39. The number of amides is 1. The van der Waals surface area contributed by atoms with Crippen molar-refractivity contribution in [2.45, 2.75) is 6.54 Å². The quantitative estimate of drug-likeness (QED) is 0.228. The van der Waals surface area contributed by atoms with Crippen molar-refractivity contribution in [3.8, 4) is 17.6 Å². The molecule has 0 saturated carbocycles. The largest absolute Gasteiger partial charge is 0.490 e. The third kappa shape index (κ3) is 6.69. The van der Waals surface area contributed by atoms with Crippen LogP contribution in [0.2, 0.25) is 15.1 Å². The number of carbonyl (C=O) groups excluding carboxylic acids is 1. The number of nitrogens with zero attached hydrogens (tertiary/aromatic N) is 1. The van der Waals surface area contributed by atoms with Gasteiger partial charge >= 0.3 is 0 Å². The fourth-order valence-corrected chi connectivity index (χ4v) is 3.34. The monoisotopic (exact) mass is 490 g/mol. The van der Waals surface area contributed by atoms with Gasteiger partial charge in [-0.2, -0.15) is 5.26 Å². The van der Waals surface area contributed by atoms with E-state index in [9.17, 15) is 10.1 Å². The minimum Gasteiger partial charge on any atom is -0.490 e. The van der Waals surface area contributed by atoms with Crippen molar-refractivity contribution >= 4 is 46.8 Å². The normalized spacial score (nSPS) is 11.0. The molecule has 1 heterocycles. The van der Waals surface area contributed by atoms with Crippen LogP contribution in [0.5, 0.6) is 11.5 Å². The Balaban J connectivity index is 1.69. The average molecular weight is 492 g/mol. The summed E-state index contributed by atoms with van der Waals surface area (Å²) in [6.07, 6.45) is 2.86. The summed E-state index contributed by atoms with van der Waals surface area (Å²) in [6.45, 7) is 0.544. The van der Waals surface area contributed by atoms with Gasteiger partial charge in [-0.1, -0.05) is 34.8 Å². The van der Waals surface area contributed by atoms with Crippen LogP contribution in [0.1, 0.15) is 11.3 Å². The molecule has 0 atom stereocenters. The van der Waals surface area contributed by atoms with Gasteiger partial charge in [0, 0.05) is 15.6 Å². The van der Waals surface area contributed by atoms with Crippen molar-refractivity contribution in [2.24, 2.45) is 0 Å². The maximum absolute atomic E-state index is 12.4. The highest BCUT2D eigenvalue weighted by Crippen LogP contribution is 2.34. The molecule has 0 fully saturated rings. The third-order valence-electron chi connectivity index (χ3n) is 4.12. The molecule has 0 aliphatic carbocycles. The molecule has 3 rings (SSSR count). The Hall–Kier alpha value is -3.11. The number of nitrogens with one attached hydrogen (secondary N) is 1. The molecule has 0 bridgehead atoms. The number of nitriles is 1. The van der Waals surface area contributed by atoms with E-state index in [0.717, 1.165) is 0 Å². The molecule has 0 spiro atoms. The maximum Gasteiger partial charge on any atom is 0.262 e. The van der Waals surface area contributed by atoms with E-state index in [2.05, 4.69) is 5.32 Å². The highest BCUT2D eigenvalue weighted by atomic mass is 35.5. The van der Waals surface area contributed by atoms with Crippen LogP contribution < -0.4 is 14.8 Å². The van der Waals surface area contributed by atoms with Gasteiger partial charge in [0.15, 0.2) is 0 Å². The Bertz CT molecular complexity index is 1140. The summed E-state index contributed by atoms with van der Waals surface area (Å²) in [5.74, 6) is 0.908. The molecule has 0 aliphatic rings. The minimum atomic E-state index is -0.572. The Morgan fingerprint density at radius 1 is 1.06 bits per heavy atom. The maximum atomic E-state index is 12.4. The Kier molecular flexibility index (Phi) is 8.46. The fourth-order valence-electron chi connectivity index (χ4n) is 2.65. The minimum absolute atomic E-state index is 0.142. The van der Waals surface area contributed by atoms with Crippen molar-refractivity contribution in [2.75, 3.05) is 13.2 Å². The molecule has 0 radical (unpaired) electrons. The highest BCUT2D eigenvalue weighted by Gasteiger charge is 2.14. The smallest absolute Gasteiger partial charge is 0.262 e. The van der Waals surface area contributed by atoms with E-state index in [1.807, 2.05) is 6.07 Å². The van der Waals surface area contributed by atoms with Crippen LogP contribution >= 0.6 is 34.8 Å². The zero-order chi connectivity index (χ0) is 22.9. The number of benzene rings is 2. The summed E-state index contributed by atoms with van der Waals surface area (Å²) in [5, 5.41) is 13.3. The topological polar surface area (TPSA) is 84.5 Å². The average Bonchev–Trinajstić information content (AvgIpc) is 3.29. The van der Waals surface area contributed by atoms with Gasteiger partial charge in [0.1, 0.15) is 42.1 Å². The molecule has 3 aromatic rings. The van der Waals surface area contributed by atoms with Crippen LogP contribution in [0.15, 0.2) is 64.8 Å². The predicted molar refractivity (Wildman–Crippen MR) is 123 cm³/mol. The standard InChI is InChI=1S/C23H17Cl3N2O4/c24-17-3-5-19(6-4-17)31-8-9-32-22-15(11-18(25)12-21(22)26)10-16(13-27)23(29)28-14-20-2-1-7-30-20/h1-7,10-12H,8-9,14H2,(H,28,29)/b16-10+.